The van der Waals surface area contributed by atoms with E-state index in [1.165, 1.54) is 28.6 Å². The van der Waals surface area contributed by atoms with Crippen molar-refractivity contribution in [3.05, 3.63) is 54.1 Å². The molecule has 0 bridgehead atoms. The summed E-state index contributed by atoms with van der Waals surface area (Å²) in [5, 5.41) is 7.31. The normalized spacial score (nSPS) is 11.4. The van der Waals surface area contributed by atoms with E-state index in [9.17, 15) is 13.2 Å². The first-order chi connectivity index (χ1) is 14.3. The SMILES string of the molecule is CSc1cccc(NC(=O)Cn2nc(SC)c(S(=O)(=O)c3ccc(C)cc3)c2N)c1. The number of aromatic nitrogens is 2. The summed E-state index contributed by atoms with van der Waals surface area (Å²) >= 11 is 2.73. The molecule has 0 aliphatic rings. The summed E-state index contributed by atoms with van der Waals surface area (Å²) in [6.07, 6.45) is 3.67. The number of sulfone groups is 1. The van der Waals surface area contributed by atoms with Crippen molar-refractivity contribution in [2.75, 3.05) is 23.6 Å². The summed E-state index contributed by atoms with van der Waals surface area (Å²) in [6, 6.07) is 14.0. The number of nitrogens with zero attached hydrogens (tertiary/aromatic N) is 2. The molecule has 3 aromatic rings. The fourth-order valence-electron chi connectivity index (χ4n) is 2.81. The van der Waals surface area contributed by atoms with E-state index in [2.05, 4.69) is 10.4 Å². The number of amides is 1. The zero-order valence-corrected chi connectivity index (χ0v) is 19.2. The lowest BCUT2D eigenvalue weighted by atomic mass is 10.2. The smallest absolute Gasteiger partial charge is 0.246 e. The molecule has 3 rings (SSSR count). The van der Waals surface area contributed by atoms with Gasteiger partial charge in [0.05, 0.1) is 4.90 Å². The third kappa shape index (κ3) is 4.66. The van der Waals surface area contributed by atoms with Gasteiger partial charge in [0.15, 0.2) is 0 Å². The number of rotatable bonds is 7. The molecule has 0 fully saturated rings. The molecule has 0 aliphatic heterocycles. The zero-order valence-electron chi connectivity index (χ0n) is 16.7. The Kier molecular flexibility index (Phi) is 6.79. The molecule has 0 unspecified atom stereocenters. The van der Waals surface area contributed by atoms with Gasteiger partial charge in [-0.05, 0) is 49.8 Å². The van der Waals surface area contributed by atoms with E-state index >= 15 is 0 Å². The quantitative estimate of drug-likeness (QED) is 0.516. The van der Waals surface area contributed by atoms with Gasteiger partial charge in [0.1, 0.15) is 22.3 Å². The lowest BCUT2D eigenvalue weighted by molar-refractivity contribution is -0.116. The van der Waals surface area contributed by atoms with Crippen molar-refractivity contribution in [2.24, 2.45) is 0 Å². The van der Waals surface area contributed by atoms with Gasteiger partial charge in [0, 0.05) is 10.6 Å². The summed E-state index contributed by atoms with van der Waals surface area (Å²) < 4.78 is 27.5. The predicted octanol–water partition coefficient (Wildman–Crippen LogP) is 3.69. The minimum Gasteiger partial charge on any atom is -0.383 e. The number of benzene rings is 2. The second-order valence-electron chi connectivity index (χ2n) is 6.48. The Morgan fingerprint density at radius 2 is 1.83 bits per heavy atom. The summed E-state index contributed by atoms with van der Waals surface area (Å²) in [6.45, 7) is 1.68. The molecular weight excluding hydrogens is 440 g/mol. The van der Waals surface area contributed by atoms with E-state index in [4.69, 9.17) is 5.73 Å². The Labute approximate surface area is 184 Å². The second-order valence-corrected chi connectivity index (χ2v) is 10.0. The maximum Gasteiger partial charge on any atom is 0.246 e. The van der Waals surface area contributed by atoms with Crippen LogP contribution in [0.5, 0.6) is 0 Å². The maximum atomic E-state index is 13.2. The van der Waals surface area contributed by atoms with Crippen molar-refractivity contribution in [2.45, 2.75) is 33.2 Å². The number of hydrogen-bond donors (Lipinski definition) is 2. The average Bonchev–Trinajstić information content (AvgIpc) is 3.04. The maximum absolute atomic E-state index is 13.2. The van der Waals surface area contributed by atoms with E-state index in [1.807, 2.05) is 31.4 Å². The van der Waals surface area contributed by atoms with Crippen LogP contribution in [0.4, 0.5) is 11.5 Å². The predicted molar refractivity (Wildman–Crippen MR) is 122 cm³/mol. The highest BCUT2D eigenvalue weighted by Gasteiger charge is 2.29. The molecule has 2 aromatic carbocycles. The van der Waals surface area contributed by atoms with Gasteiger partial charge in [0.25, 0.3) is 0 Å². The van der Waals surface area contributed by atoms with Crippen LogP contribution in [-0.4, -0.2) is 36.6 Å². The molecule has 7 nitrogen and oxygen atoms in total. The Balaban J connectivity index is 1.89. The third-order valence-electron chi connectivity index (χ3n) is 4.36. The Morgan fingerprint density at radius 1 is 1.13 bits per heavy atom. The second kappa shape index (κ2) is 9.15. The van der Waals surface area contributed by atoms with Gasteiger partial charge in [-0.25, -0.2) is 13.1 Å². The van der Waals surface area contributed by atoms with Gasteiger partial charge in [-0.15, -0.1) is 23.5 Å². The summed E-state index contributed by atoms with van der Waals surface area (Å²) in [4.78, 5) is 13.6. The van der Waals surface area contributed by atoms with Crippen LogP contribution in [0.15, 0.2) is 68.2 Å². The Hall–Kier alpha value is -2.43. The molecule has 30 heavy (non-hydrogen) atoms. The molecule has 158 valence electrons. The standard InChI is InChI=1S/C20H22N4O3S3/c1-13-7-9-16(10-8-13)30(26,27)18-19(21)24(23-20(18)29-3)12-17(25)22-14-5-4-6-15(11-14)28-2/h4-11H,12,21H2,1-3H3,(H,22,25). The van der Waals surface area contributed by atoms with Gasteiger partial charge in [-0.2, -0.15) is 5.10 Å². The fourth-order valence-corrected chi connectivity index (χ4v) is 5.71. The minimum absolute atomic E-state index is 0.0621. The summed E-state index contributed by atoms with van der Waals surface area (Å²) in [7, 11) is -3.88. The van der Waals surface area contributed by atoms with E-state index in [1.54, 1.807) is 36.2 Å². The molecular formula is C20H22N4O3S3. The summed E-state index contributed by atoms with van der Waals surface area (Å²) in [5.41, 5.74) is 7.74. The van der Waals surface area contributed by atoms with Crippen LogP contribution in [0.25, 0.3) is 0 Å². The molecule has 0 atom stereocenters. The lowest BCUT2D eigenvalue weighted by Crippen LogP contribution is -2.21. The van der Waals surface area contributed by atoms with Crippen molar-refractivity contribution in [3.8, 4) is 0 Å². The molecule has 1 amide bonds. The van der Waals surface area contributed by atoms with Crippen molar-refractivity contribution < 1.29 is 13.2 Å². The number of nitrogen functional groups attached to an aromatic ring is 1. The van der Waals surface area contributed by atoms with E-state index < -0.39 is 9.84 Å². The zero-order chi connectivity index (χ0) is 21.9. The first kappa shape index (κ1) is 22.3. The largest absolute Gasteiger partial charge is 0.383 e. The van der Waals surface area contributed by atoms with Crippen LogP contribution in [0, 0.1) is 6.92 Å². The van der Waals surface area contributed by atoms with Crippen molar-refractivity contribution in [1.82, 2.24) is 9.78 Å². The van der Waals surface area contributed by atoms with Gasteiger partial charge in [-0.3, -0.25) is 4.79 Å². The van der Waals surface area contributed by atoms with Crippen LogP contribution in [0.3, 0.4) is 0 Å². The lowest BCUT2D eigenvalue weighted by Gasteiger charge is -2.08. The van der Waals surface area contributed by atoms with Gasteiger partial charge in [0.2, 0.25) is 15.7 Å². The highest BCUT2D eigenvalue weighted by molar-refractivity contribution is 7.99. The number of nitrogens with one attached hydrogen (secondary N) is 1. The summed E-state index contributed by atoms with van der Waals surface area (Å²) in [5.74, 6) is -0.415. The monoisotopic (exact) mass is 462 g/mol. The highest BCUT2D eigenvalue weighted by atomic mass is 32.2. The number of hydrogen-bond acceptors (Lipinski definition) is 7. The number of aryl methyl sites for hydroxylation is 1. The first-order valence-corrected chi connectivity index (χ1v) is 12.9. The number of carbonyl (C=O) groups is 1. The van der Waals surface area contributed by atoms with Crippen LogP contribution in [0.2, 0.25) is 0 Å². The van der Waals surface area contributed by atoms with Crippen LogP contribution in [-0.2, 0) is 21.2 Å². The van der Waals surface area contributed by atoms with Crippen LogP contribution in [0.1, 0.15) is 5.56 Å². The third-order valence-corrected chi connectivity index (χ3v) is 7.72. The Morgan fingerprint density at radius 3 is 2.47 bits per heavy atom. The van der Waals surface area contributed by atoms with Gasteiger partial charge < -0.3 is 11.1 Å². The van der Waals surface area contributed by atoms with Crippen molar-refractivity contribution >= 4 is 50.8 Å². The first-order valence-electron chi connectivity index (χ1n) is 8.92. The molecule has 10 heteroatoms. The molecule has 0 saturated heterocycles. The van der Waals surface area contributed by atoms with Crippen LogP contribution >= 0.6 is 23.5 Å². The molecule has 0 aliphatic carbocycles. The molecule has 0 spiro atoms. The van der Waals surface area contributed by atoms with Crippen molar-refractivity contribution in [3.63, 3.8) is 0 Å². The molecule has 1 heterocycles. The van der Waals surface area contributed by atoms with E-state index in [0.29, 0.717) is 5.69 Å². The molecule has 0 radical (unpaired) electrons. The van der Waals surface area contributed by atoms with Gasteiger partial charge >= 0.3 is 0 Å². The molecule has 1 aromatic heterocycles. The topological polar surface area (TPSA) is 107 Å². The van der Waals surface area contributed by atoms with Crippen LogP contribution < -0.4 is 11.1 Å². The minimum atomic E-state index is -3.88. The number of thioether (sulfide) groups is 2. The van der Waals surface area contributed by atoms with E-state index in [-0.39, 0.29) is 33.1 Å². The average molecular weight is 463 g/mol. The van der Waals surface area contributed by atoms with Gasteiger partial charge in [-0.1, -0.05) is 23.8 Å². The Bertz CT molecular complexity index is 1170. The number of carbonyl (C=O) groups excluding carboxylic acids is 1. The number of anilines is 2. The number of nitrogens with two attached hydrogens (primary N) is 1. The van der Waals surface area contributed by atoms with E-state index in [0.717, 1.165) is 10.5 Å². The molecule has 0 saturated carbocycles. The van der Waals surface area contributed by atoms with Crippen molar-refractivity contribution in [1.29, 1.82) is 0 Å². The fraction of sp³-hybridized carbons (Fsp3) is 0.200. The highest BCUT2D eigenvalue weighted by Crippen LogP contribution is 2.34. The molecule has 3 N–H and O–H groups in total.